The number of carboxylic acid groups (broad SMARTS) is 1. The van der Waals surface area contributed by atoms with E-state index in [9.17, 15) is 19.1 Å². The molecule has 0 radical (unpaired) electrons. The third-order valence-corrected chi connectivity index (χ3v) is 6.18. The first-order valence-corrected chi connectivity index (χ1v) is 10.5. The Kier molecular flexibility index (Phi) is 7.16. The standard InChI is InChI=1S/C21H27ClFNO4/c22-16-10-15(17(23)11-18(16)28-12-13-6-4-5-7-13)20(25)24-19(21(26)27)14-8-2-1-3-9-14/h10-11,13-14,19H,1-9,12H2,(H,24,25)(H,26,27). The second-order valence-corrected chi connectivity index (χ2v) is 8.32. The number of hydrogen-bond acceptors (Lipinski definition) is 3. The monoisotopic (exact) mass is 411 g/mol. The van der Waals surface area contributed by atoms with Crippen LogP contribution in [0.5, 0.6) is 5.75 Å². The number of halogens is 2. The molecule has 0 heterocycles. The van der Waals surface area contributed by atoms with Crippen molar-refractivity contribution in [3.63, 3.8) is 0 Å². The van der Waals surface area contributed by atoms with Crippen molar-refractivity contribution in [3.05, 3.63) is 28.5 Å². The van der Waals surface area contributed by atoms with Crippen molar-refractivity contribution < 1.29 is 23.8 Å². The molecule has 2 aliphatic rings. The Hall–Kier alpha value is -1.82. The first kappa shape index (κ1) is 20.9. The van der Waals surface area contributed by atoms with E-state index in [1.54, 1.807) is 0 Å². The highest BCUT2D eigenvalue weighted by Gasteiger charge is 2.31. The molecule has 0 aliphatic heterocycles. The third kappa shape index (κ3) is 5.16. The summed E-state index contributed by atoms with van der Waals surface area (Å²) in [6, 6.07) is 1.31. The predicted molar refractivity (Wildman–Crippen MR) is 104 cm³/mol. The number of hydrogen-bond donors (Lipinski definition) is 2. The zero-order chi connectivity index (χ0) is 20.1. The quantitative estimate of drug-likeness (QED) is 0.675. The van der Waals surface area contributed by atoms with Crippen LogP contribution < -0.4 is 10.1 Å². The van der Waals surface area contributed by atoms with Gasteiger partial charge < -0.3 is 15.2 Å². The van der Waals surface area contributed by atoms with Gasteiger partial charge in [0.05, 0.1) is 17.2 Å². The number of nitrogens with one attached hydrogen (secondary N) is 1. The highest BCUT2D eigenvalue weighted by Crippen LogP contribution is 2.31. The van der Waals surface area contributed by atoms with E-state index in [2.05, 4.69) is 5.32 Å². The summed E-state index contributed by atoms with van der Waals surface area (Å²) in [5.74, 6) is -2.10. The van der Waals surface area contributed by atoms with Crippen LogP contribution in [0.1, 0.15) is 68.1 Å². The largest absolute Gasteiger partial charge is 0.492 e. The van der Waals surface area contributed by atoms with E-state index >= 15 is 0 Å². The summed E-state index contributed by atoms with van der Waals surface area (Å²) in [6.45, 7) is 0.480. The zero-order valence-electron chi connectivity index (χ0n) is 15.9. The Morgan fingerprint density at radius 1 is 1.14 bits per heavy atom. The van der Waals surface area contributed by atoms with Crippen LogP contribution in [0.15, 0.2) is 12.1 Å². The van der Waals surface area contributed by atoms with Gasteiger partial charge in [0, 0.05) is 6.07 Å². The molecule has 0 bridgehead atoms. The second kappa shape index (κ2) is 9.59. The number of carbonyl (C=O) groups is 2. The molecular formula is C21H27ClFNO4. The lowest BCUT2D eigenvalue weighted by Crippen LogP contribution is -2.46. The van der Waals surface area contributed by atoms with Crippen molar-refractivity contribution in [1.29, 1.82) is 0 Å². The van der Waals surface area contributed by atoms with Crippen LogP contribution in [0.2, 0.25) is 5.02 Å². The minimum absolute atomic E-state index is 0.136. The normalized spacial score (nSPS) is 19.4. The minimum atomic E-state index is -1.09. The molecule has 1 atom stereocenters. The maximum absolute atomic E-state index is 14.5. The van der Waals surface area contributed by atoms with Gasteiger partial charge in [0.2, 0.25) is 0 Å². The molecule has 0 saturated heterocycles. The molecule has 1 aromatic rings. The Labute approximate surface area is 169 Å². The number of benzene rings is 1. The molecule has 0 spiro atoms. The molecule has 1 aromatic carbocycles. The summed E-state index contributed by atoms with van der Waals surface area (Å²) < 4.78 is 20.2. The zero-order valence-corrected chi connectivity index (χ0v) is 16.6. The fraction of sp³-hybridized carbons (Fsp3) is 0.619. The van der Waals surface area contributed by atoms with Crippen molar-refractivity contribution in [3.8, 4) is 5.75 Å². The Bertz CT molecular complexity index is 715. The highest BCUT2D eigenvalue weighted by atomic mass is 35.5. The van der Waals surface area contributed by atoms with Gasteiger partial charge in [-0.1, -0.05) is 43.7 Å². The average Bonchev–Trinajstić information content (AvgIpc) is 3.20. The van der Waals surface area contributed by atoms with Gasteiger partial charge in [0.1, 0.15) is 17.6 Å². The van der Waals surface area contributed by atoms with Gasteiger partial charge in [-0.25, -0.2) is 9.18 Å². The number of carbonyl (C=O) groups excluding carboxylic acids is 1. The number of rotatable bonds is 7. The van der Waals surface area contributed by atoms with Crippen LogP contribution in [-0.2, 0) is 4.79 Å². The Morgan fingerprint density at radius 3 is 2.43 bits per heavy atom. The van der Waals surface area contributed by atoms with E-state index in [1.807, 2.05) is 0 Å². The number of aliphatic carboxylic acids is 1. The maximum Gasteiger partial charge on any atom is 0.326 e. The van der Waals surface area contributed by atoms with Gasteiger partial charge in [-0.3, -0.25) is 4.79 Å². The van der Waals surface area contributed by atoms with Gasteiger partial charge in [-0.05, 0) is 43.6 Å². The van der Waals surface area contributed by atoms with Gasteiger partial charge in [-0.15, -0.1) is 0 Å². The lowest BCUT2D eigenvalue weighted by atomic mass is 9.84. The van der Waals surface area contributed by atoms with E-state index in [0.717, 1.165) is 51.0 Å². The molecule has 2 saturated carbocycles. The first-order chi connectivity index (χ1) is 13.5. The fourth-order valence-electron chi connectivity index (χ4n) is 4.27. The molecule has 2 aliphatic carbocycles. The van der Waals surface area contributed by atoms with E-state index in [0.29, 0.717) is 12.5 Å². The summed E-state index contributed by atoms with van der Waals surface area (Å²) >= 11 is 6.19. The van der Waals surface area contributed by atoms with E-state index in [1.165, 1.54) is 18.9 Å². The molecule has 2 fully saturated rings. The van der Waals surface area contributed by atoms with Crippen LogP contribution >= 0.6 is 11.6 Å². The number of carboxylic acids is 1. The second-order valence-electron chi connectivity index (χ2n) is 7.91. The molecule has 154 valence electrons. The minimum Gasteiger partial charge on any atom is -0.492 e. The smallest absolute Gasteiger partial charge is 0.326 e. The van der Waals surface area contributed by atoms with Gasteiger partial charge >= 0.3 is 5.97 Å². The number of ether oxygens (including phenoxy) is 1. The van der Waals surface area contributed by atoms with Crippen LogP contribution in [0.4, 0.5) is 4.39 Å². The lowest BCUT2D eigenvalue weighted by molar-refractivity contribution is -0.141. The first-order valence-electron chi connectivity index (χ1n) is 10.1. The SMILES string of the molecule is O=C(NC(C(=O)O)C1CCCCC1)c1cc(Cl)c(OCC2CCCC2)cc1F. The molecule has 5 nitrogen and oxygen atoms in total. The van der Waals surface area contributed by atoms with E-state index in [4.69, 9.17) is 16.3 Å². The van der Waals surface area contributed by atoms with Crippen molar-refractivity contribution in [1.82, 2.24) is 5.32 Å². The van der Waals surface area contributed by atoms with Crippen LogP contribution in [-0.4, -0.2) is 29.6 Å². The van der Waals surface area contributed by atoms with Crippen LogP contribution in [0, 0.1) is 17.7 Å². The van der Waals surface area contributed by atoms with Crippen molar-refractivity contribution >= 4 is 23.5 Å². The fourth-order valence-corrected chi connectivity index (χ4v) is 4.48. The molecule has 3 rings (SSSR count). The van der Waals surface area contributed by atoms with Gasteiger partial charge in [-0.2, -0.15) is 0 Å². The molecule has 1 amide bonds. The molecule has 28 heavy (non-hydrogen) atoms. The maximum atomic E-state index is 14.5. The van der Waals surface area contributed by atoms with E-state index < -0.39 is 23.7 Å². The summed E-state index contributed by atoms with van der Waals surface area (Å²) in [4.78, 5) is 24.2. The molecule has 2 N–H and O–H groups in total. The number of amides is 1. The topological polar surface area (TPSA) is 75.6 Å². The van der Waals surface area contributed by atoms with Crippen molar-refractivity contribution in [2.75, 3.05) is 6.61 Å². The lowest BCUT2D eigenvalue weighted by Gasteiger charge is -2.28. The Morgan fingerprint density at radius 2 is 1.79 bits per heavy atom. The van der Waals surface area contributed by atoms with Gasteiger partial charge in [0.15, 0.2) is 0 Å². The molecule has 1 unspecified atom stereocenters. The van der Waals surface area contributed by atoms with Crippen LogP contribution in [0.25, 0.3) is 0 Å². The van der Waals surface area contributed by atoms with Crippen molar-refractivity contribution in [2.24, 2.45) is 11.8 Å². The third-order valence-electron chi connectivity index (χ3n) is 5.89. The molecule has 7 heteroatoms. The molecule has 0 aromatic heterocycles. The summed E-state index contributed by atoms with van der Waals surface area (Å²) in [6.07, 6.45) is 9.00. The Balaban J connectivity index is 1.68. The predicted octanol–water partition coefficient (Wildman–Crippen LogP) is 4.81. The summed E-state index contributed by atoms with van der Waals surface area (Å²) in [7, 11) is 0. The van der Waals surface area contributed by atoms with Crippen LogP contribution in [0.3, 0.4) is 0 Å². The average molecular weight is 412 g/mol. The van der Waals surface area contributed by atoms with E-state index in [-0.39, 0.29) is 22.3 Å². The summed E-state index contributed by atoms with van der Waals surface area (Å²) in [5.41, 5.74) is -0.264. The molecular weight excluding hydrogens is 385 g/mol. The highest BCUT2D eigenvalue weighted by molar-refractivity contribution is 6.32. The summed E-state index contributed by atoms with van der Waals surface area (Å²) in [5, 5.41) is 12.1. The van der Waals surface area contributed by atoms with Gasteiger partial charge in [0.25, 0.3) is 5.91 Å². The van der Waals surface area contributed by atoms with Crippen molar-refractivity contribution in [2.45, 2.75) is 63.8 Å².